The number of rotatable bonds is 2. The summed E-state index contributed by atoms with van der Waals surface area (Å²) in [7, 11) is 0. The Morgan fingerprint density at radius 2 is 2.24 bits per heavy atom. The van der Waals surface area contributed by atoms with Gasteiger partial charge in [-0.05, 0) is 24.6 Å². The van der Waals surface area contributed by atoms with Crippen LogP contribution in [0.4, 0.5) is 11.4 Å². The second-order valence-corrected chi connectivity index (χ2v) is 4.37. The summed E-state index contributed by atoms with van der Waals surface area (Å²) in [6, 6.07) is 2.63. The van der Waals surface area contributed by atoms with Gasteiger partial charge in [-0.1, -0.05) is 11.6 Å². The fraction of sp³-hybridized carbons (Fsp3) is 0.273. The van der Waals surface area contributed by atoms with Crippen LogP contribution in [0.5, 0.6) is 0 Å². The molecule has 3 N–H and O–H groups in total. The molecular weight excluding hydrogens is 244 g/mol. The van der Waals surface area contributed by atoms with E-state index in [1.807, 2.05) is 6.92 Å². The van der Waals surface area contributed by atoms with Gasteiger partial charge in [0, 0.05) is 5.02 Å². The highest BCUT2D eigenvalue weighted by atomic mass is 35.5. The molecule has 1 aliphatic rings. The van der Waals surface area contributed by atoms with Gasteiger partial charge in [0.25, 0.3) is 0 Å². The van der Waals surface area contributed by atoms with Crippen molar-refractivity contribution in [2.24, 2.45) is 0 Å². The van der Waals surface area contributed by atoms with Gasteiger partial charge in [0.05, 0.1) is 17.8 Å². The molecule has 1 heterocycles. The Morgan fingerprint density at radius 3 is 2.88 bits per heavy atom. The number of carboxylic acids is 1. The van der Waals surface area contributed by atoms with Crippen molar-refractivity contribution < 1.29 is 14.7 Å². The van der Waals surface area contributed by atoms with Gasteiger partial charge in [0.2, 0.25) is 5.91 Å². The van der Waals surface area contributed by atoms with Gasteiger partial charge in [0.15, 0.2) is 0 Å². The smallest absolute Gasteiger partial charge is 0.305 e. The van der Waals surface area contributed by atoms with Gasteiger partial charge in [-0.25, -0.2) is 0 Å². The van der Waals surface area contributed by atoms with Crippen molar-refractivity contribution in [3.05, 3.63) is 22.7 Å². The Labute approximate surface area is 103 Å². The summed E-state index contributed by atoms with van der Waals surface area (Å²) in [6.07, 6.45) is -0.267. The number of hydrogen-bond acceptors (Lipinski definition) is 3. The van der Waals surface area contributed by atoms with E-state index in [4.69, 9.17) is 16.7 Å². The number of benzene rings is 1. The Morgan fingerprint density at radius 1 is 1.53 bits per heavy atom. The van der Waals surface area contributed by atoms with Crippen molar-refractivity contribution in [3.63, 3.8) is 0 Å². The maximum Gasteiger partial charge on any atom is 0.305 e. The van der Waals surface area contributed by atoms with Crippen LogP contribution in [0.1, 0.15) is 12.0 Å². The molecule has 17 heavy (non-hydrogen) atoms. The highest BCUT2D eigenvalue weighted by Gasteiger charge is 2.28. The minimum atomic E-state index is -1.03. The van der Waals surface area contributed by atoms with E-state index >= 15 is 0 Å². The standard InChI is InChI=1S/C11H11ClN2O3/c1-5-2-6(12)3-7-10(5)14-11(17)8(13-7)4-9(15)16/h2-3,8,13H,4H2,1H3,(H,14,17)(H,15,16). The first-order chi connectivity index (χ1) is 7.97. The molecule has 1 amide bonds. The molecule has 0 saturated carbocycles. The molecule has 0 saturated heterocycles. The van der Waals surface area contributed by atoms with E-state index in [1.54, 1.807) is 12.1 Å². The first-order valence-corrected chi connectivity index (χ1v) is 5.44. The van der Waals surface area contributed by atoms with E-state index in [0.717, 1.165) is 5.56 Å². The van der Waals surface area contributed by atoms with E-state index < -0.39 is 12.0 Å². The van der Waals surface area contributed by atoms with Gasteiger partial charge in [-0.3, -0.25) is 9.59 Å². The fourth-order valence-electron chi connectivity index (χ4n) is 1.80. The Hall–Kier alpha value is -1.75. The third-order valence-electron chi connectivity index (χ3n) is 2.57. The fourth-order valence-corrected chi connectivity index (χ4v) is 2.08. The molecule has 0 fully saturated rings. The van der Waals surface area contributed by atoms with Gasteiger partial charge in [-0.2, -0.15) is 0 Å². The topological polar surface area (TPSA) is 78.4 Å². The summed E-state index contributed by atoms with van der Waals surface area (Å²) in [4.78, 5) is 22.3. The zero-order chi connectivity index (χ0) is 12.6. The summed E-state index contributed by atoms with van der Waals surface area (Å²) < 4.78 is 0. The lowest BCUT2D eigenvalue weighted by Crippen LogP contribution is -2.40. The van der Waals surface area contributed by atoms with Gasteiger partial charge in [0.1, 0.15) is 6.04 Å². The highest BCUT2D eigenvalue weighted by molar-refractivity contribution is 6.31. The number of aliphatic carboxylic acids is 1. The van der Waals surface area contributed by atoms with E-state index in [2.05, 4.69) is 10.6 Å². The second kappa shape index (κ2) is 4.25. The van der Waals surface area contributed by atoms with Crippen LogP contribution in [0, 0.1) is 6.92 Å². The number of amides is 1. The number of carbonyl (C=O) groups excluding carboxylic acids is 1. The molecule has 0 aliphatic carbocycles. The predicted octanol–water partition coefficient (Wildman–Crippen LogP) is 1.86. The lowest BCUT2D eigenvalue weighted by Gasteiger charge is -2.27. The van der Waals surface area contributed by atoms with Crippen LogP contribution in [-0.2, 0) is 9.59 Å². The maximum absolute atomic E-state index is 11.7. The van der Waals surface area contributed by atoms with Crippen LogP contribution in [0.15, 0.2) is 12.1 Å². The largest absolute Gasteiger partial charge is 0.481 e. The van der Waals surface area contributed by atoms with Crippen LogP contribution in [-0.4, -0.2) is 23.0 Å². The minimum Gasteiger partial charge on any atom is -0.481 e. The third kappa shape index (κ3) is 2.34. The maximum atomic E-state index is 11.7. The molecule has 90 valence electrons. The molecule has 1 atom stereocenters. The summed E-state index contributed by atoms with van der Waals surface area (Å²) in [6.45, 7) is 1.82. The summed E-state index contributed by atoms with van der Waals surface area (Å²) >= 11 is 5.90. The van der Waals surface area contributed by atoms with Crippen molar-refractivity contribution in [1.82, 2.24) is 0 Å². The van der Waals surface area contributed by atoms with Gasteiger partial charge < -0.3 is 15.7 Å². The molecule has 0 radical (unpaired) electrons. The summed E-state index contributed by atoms with van der Waals surface area (Å²) in [5, 5.41) is 14.8. The second-order valence-electron chi connectivity index (χ2n) is 3.93. The van der Waals surface area contributed by atoms with Crippen molar-refractivity contribution in [2.45, 2.75) is 19.4 Å². The molecular formula is C11H11ClN2O3. The lowest BCUT2D eigenvalue weighted by molar-refractivity contribution is -0.138. The average Bonchev–Trinajstić information content (AvgIpc) is 2.20. The van der Waals surface area contributed by atoms with Crippen LogP contribution in [0.2, 0.25) is 5.02 Å². The molecule has 2 rings (SSSR count). The Bertz CT molecular complexity index is 502. The molecule has 5 nitrogen and oxygen atoms in total. The van der Waals surface area contributed by atoms with Crippen LogP contribution in [0.3, 0.4) is 0 Å². The molecule has 0 bridgehead atoms. The van der Waals surface area contributed by atoms with Crippen molar-refractivity contribution in [1.29, 1.82) is 0 Å². The Kier molecular flexibility index (Phi) is 2.93. The van der Waals surface area contributed by atoms with Crippen molar-refractivity contribution in [3.8, 4) is 0 Å². The van der Waals surface area contributed by atoms with E-state index in [-0.39, 0.29) is 12.3 Å². The minimum absolute atomic E-state index is 0.267. The van der Waals surface area contributed by atoms with E-state index in [9.17, 15) is 9.59 Å². The number of carboxylic acid groups (broad SMARTS) is 1. The number of halogens is 1. The first kappa shape index (κ1) is 11.7. The Balaban J connectivity index is 2.34. The van der Waals surface area contributed by atoms with E-state index in [0.29, 0.717) is 16.4 Å². The van der Waals surface area contributed by atoms with Crippen LogP contribution in [0.25, 0.3) is 0 Å². The zero-order valence-electron chi connectivity index (χ0n) is 9.08. The monoisotopic (exact) mass is 254 g/mol. The quantitative estimate of drug-likeness (QED) is 0.753. The van der Waals surface area contributed by atoms with Crippen molar-refractivity contribution in [2.75, 3.05) is 10.6 Å². The number of hydrogen-bond donors (Lipinski definition) is 3. The molecule has 1 aromatic rings. The summed E-state index contributed by atoms with van der Waals surface area (Å²) in [5.74, 6) is -1.37. The molecule has 0 spiro atoms. The van der Waals surface area contributed by atoms with Crippen molar-refractivity contribution >= 4 is 34.9 Å². The van der Waals surface area contributed by atoms with Crippen LogP contribution < -0.4 is 10.6 Å². The lowest BCUT2D eigenvalue weighted by atomic mass is 10.1. The van der Waals surface area contributed by atoms with E-state index in [1.165, 1.54) is 0 Å². The third-order valence-corrected chi connectivity index (χ3v) is 2.79. The summed E-state index contributed by atoms with van der Waals surface area (Å²) in [5.41, 5.74) is 2.14. The molecule has 1 aromatic carbocycles. The van der Waals surface area contributed by atoms with Gasteiger partial charge >= 0.3 is 5.97 Å². The number of anilines is 2. The zero-order valence-corrected chi connectivity index (χ0v) is 9.84. The average molecular weight is 255 g/mol. The number of fused-ring (bicyclic) bond motifs is 1. The first-order valence-electron chi connectivity index (χ1n) is 5.06. The predicted molar refractivity (Wildman–Crippen MR) is 64.5 cm³/mol. The van der Waals surface area contributed by atoms with Gasteiger partial charge in [-0.15, -0.1) is 0 Å². The molecule has 1 aliphatic heterocycles. The van der Waals surface area contributed by atoms with Crippen LogP contribution >= 0.6 is 11.6 Å². The number of carbonyl (C=O) groups is 2. The molecule has 1 unspecified atom stereocenters. The molecule has 0 aromatic heterocycles. The SMILES string of the molecule is Cc1cc(Cl)cc2c1NC(=O)C(CC(=O)O)N2. The normalized spacial score (nSPS) is 18.0. The number of nitrogens with one attached hydrogen (secondary N) is 2. The highest BCUT2D eigenvalue weighted by Crippen LogP contribution is 2.33. The number of aryl methyl sites for hydroxylation is 1. The molecule has 6 heteroatoms.